The van der Waals surface area contributed by atoms with Crippen molar-refractivity contribution < 1.29 is 23.2 Å². The predicted octanol–water partition coefficient (Wildman–Crippen LogP) is 1.17. The molecule has 0 aliphatic heterocycles. The van der Waals surface area contributed by atoms with Crippen LogP contribution >= 0.6 is 0 Å². The summed E-state index contributed by atoms with van der Waals surface area (Å²) < 4.78 is 28.0. The first-order valence-electron chi connectivity index (χ1n) is 7.23. The van der Waals surface area contributed by atoms with Crippen molar-refractivity contribution in [2.75, 3.05) is 6.54 Å². The van der Waals surface area contributed by atoms with Crippen LogP contribution < -0.4 is 4.72 Å². The van der Waals surface area contributed by atoms with Gasteiger partial charge in [0.25, 0.3) is 5.69 Å². The van der Waals surface area contributed by atoms with E-state index in [1.807, 2.05) is 0 Å². The fraction of sp³-hybridized carbons (Fsp3) is 0.286. The molecule has 0 aliphatic carbocycles. The van der Waals surface area contributed by atoms with Crippen LogP contribution in [0.3, 0.4) is 0 Å². The zero-order valence-electron chi connectivity index (χ0n) is 13.2. The highest BCUT2D eigenvalue weighted by atomic mass is 32.2. The van der Waals surface area contributed by atoms with Crippen molar-refractivity contribution in [2.24, 2.45) is 0 Å². The maximum absolute atomic E-state index is 12.2. The number of hydrogen-bond acceptors (Lipinski definition) is 6. The van der Waals surface area contributed by atoms with E-state index < -0.39 is 31.5 Å². The van der Waals surface area contributed by atoms with E-state index in [1.165, 1.54) is 22.9 Å². The number of aryl methyl sites for hydroxylation is 2. The molecule has 0 spiro atoms. The molecule has 2 rings (SSSR count). The van der Waals surface area contributed by atoms with Crippen LogP contribution in [0.2, 0.25) is 0 Å². The Bertz CT molecular complexity index is 906. The topological polar surface area (TPSA) is 144 Å². The Morgan fingerprint density at radius 3 is 2.72 bits per heavy atom. The van der Waals surface area contributed by atoms with Gasteiger partial charge in [0.15, 0.2) is 4.90 Å². The molecule has 0 fully saturated rings. The SMILES string of the molecule is Cc1cc(C(=O)O)n(CCCNS(=O)(=O)c2ccccc2[N+](=O)[O-])n1. The van der Waals surface area contributed by atoms with Gasteiger partial charge in [0.05, 0.1) is 10.6 Å². The number of nitrogens with one attached hydrogen (secondary N) is 1. The van der Waals surface area contributed by atoms with Gasteiger partial charge in [0.2, 0.25) is 10.0 Å². The number of nitro groups is 1. The van der Waals surface area contributed by atoms with Crippen molar-refractivity contribution in [1.29, 1.82) is 0 Å². The van der Waals surface area contributed by atoms with E-state index in [9.17, 15) is 23.3 Å². The molecule has 0 radical (unpaired) electrons. The number of carboxylic acids is 1. The average Bonchev–Trinajstić information content (AvgIpc) is 2.92. The van der Waals surface area contributed by atoms with E-state index in [2.05, 4.69) is 9.82 Å². The van der Waals surface area contributed by atoms with Gasteiger partial charge in [0, 0.05) is 19.2 Å². The van der Waals surface area contributed by atoms with Crippen LogP contribution in [0.5, 0.6) is 0 Å². The summed E-state index contributed by atoms with van der Waals surface area (Å²) in [6, 6.07) is 6.46. The van der Waals surface area contributed by atoms with Crippen LogP contribution in [0.25, 0.3) is 0 Å². The Kier molecular flexibility index (Phi) is 5.49. The number of benzene rings is 1. The molecule has 0 aliphatic rings. The zero-order chi connectivity index (χ0) is 18.6. The van der Waals surface area contributed by atoms with Crippen LogP contribution in [0.1, 0.15) is 22.6 Å². The highest BCUT2D eigenvalue weighted by Crippen LogP contribution is 2.22. The van der Waals surface area contributed by atoms with E-state index in [1.54, 1.807) is 6.92 Å². The fourth-order valence-corrected chi connectivity index (χ4v) is 3.48. The molecule has 0 amide bonds. The number of para-hydroxylation sites is 1. The number of hydrogen-bond donors (Lipinski definition) is 2. The molecular formula is C14H16N4O6S. The third-order valence-electron chi connectivity index (χ3n) is 3.31. The molecule has 25 heavy (non-hydrogen) atoms. The van der Waals surface area contributed by atoms with Gasteiger partial charge >= 0.3 is 5.97 Å². The Balaban J connectivity index is 2.02. The minimum atomic E-state index is -4.05. The smallest absolute Gasteiger partial charge is 0.354 e. The van der Waals surface area contributed by atoms with Crippen LogP contribution in [-0.2, 0) is 16.6 Å². The lowest BCUT2D eigenvalue weighted by Crippen LogP contribution is -2.26. The van der Waals surface area contributed by atoms with E-state index in [0.29, 0.717) is 5.69 Å². The quantitative estimate of drug-likeness (QED) is 0.404. The molecule has 11 heteroatoms. The summed E-state index contributed by atoms with van der Waals surface area (Å²) in [6.45, 7) is 1.82. The number of sulfonamides is 1. The second-order valence-corrected chi connectivity index (χ2v) is 6.91. The molecule has 2 N–H and O–H groups in total. The van der Waals surface area contributed by atoms with Gasteiger partial charge < -0.3 is 5.11 Å². The molecule has 0 unspecified atom stereocenters. The Morgan fingerprint density at radius 2 is 2.08 bits per heavy atom. The standard InChI is InChI=1S/C14H16N4O6S/c1-10-9-12(14(19)20)17(16-10)8-4-7-15-25(23,24)13-6-3-2-5-11(13)18(21)22/h2-3,5-6,9,15H,4,7-8H2,1H3,(H,19,20). The summed E-state index contributed by atoms with van der Waals surface area (Å²) in [5.41, 5.74) is 0.0443. The normalized spacial score (nSPS) is 11.4. The monoisotopic (exact) mass is 368 g/mol. The second-order valence-electron chi connectivity index (χ2n) is 5.18. The Morgan fingerprint density at radius 1 is 1.40 bits per heavy atom. The summed E-state index contributed by atoms with van der Waals surface area (Å²) in [5.74, 6) is -1.12. The van der Waals surface area contributed by atoms with Crippen LogP contribution in [0.4, 0.5) is 5.69 Å². The lowest BCUT2D eigenvalue weighted by atomic mass is 10.3. The minimum absolute atomic E-state index is 0.0130. The van der Waals surface area contributed by atoms with E-state index in [4.69, 9.17) is 5.11 Å². The lowest BCUT2D eigenvalue weighted by Gasteiger charge is -2.08. The highest BCUT2D eigenvalue weighted by Gasteiger charge is 2.24. The number of aromatic carboxylic acids is 1. The van der Waals surface area contributed by atoms with Crippen molar-refractivity contribution in [2.45, 2.75) is 24.8 Å². The largest absolute Gasteiger partial charge is 0.477 e. The molecule has 1 heterocycles. The summed E-state index contributed by atoms with van der Waals surface area (Å²) in [5, 5.41) is 24.0. The molecule has 1 aromatic heterocycles. The molecule has 10 nitrogen and oxygen atoms in total. The first kappa shape index (κ1) is 18.5. The third-order valence-corrected chi connectivity index (χ3v) is 4.82. The summed E-state index contributed by atoms with van der Waals surface area (Å²) >= 11 is 0. The molecule has 0 atom stereocenters. The molecule has 2 aromatic rings. The fourth-order valence-electron chi connectivity index (χ4n) is 2.24. The molecular weight excluding hydrogens is 352 g/mol. The van der Waals surface area contributed by atoms with Crippen molar-refractivity contribution in [1.82, 2.24) is 14.5 Å². The molecule has 0 bridgehead atoms. The maximum atomic E-state index is 12.2. The Hall–Kier alpha value is -2.79. The van der Waals surface area contributed by atoms with Gasteiger partial charge in [-0.15, -0.1) is 0 Å². The summed E-state index contributed by atoms with van der Waals surface area (Å²) in [4.78, 5) is 20.8. The number of carboxylic acid groups (broad SMARTS) is 1. The lowest BCUT2D eigenvalue weighted by molar-refractivity contribution is -0.387. The average molecular weight is 368 g/mol. The van der Waals surface area contributed by atoms with Gasteiger partial charge in [-0.1, -0.05) is 12.1 Å². The third kappa shape index (κ3) is 4.39. The Labute approximate surface area is 143 Å². The van der Waals surface area contributed by atoms with Crippen LogP contribution in [-0.4, -0.2) is 40.7 Å². The van der Waals surface area contributed by atoms with Crippen molar-refractivity contribution >= 4 is 21.7 Å². The van der Waals surface area contributed by atoms with Crippen molar-refractivity contribution in [3.8, 4) is 0 Å². The van der Waals surface area contributed by atoms with E-state index in [-0.39, 0.29) is 25.2 Å². The van der Waals surface area contributed by atoms with Crippen molar-refractivity contribution in [3.05, 3.63) is 51.8 Å². The molecule has 0 saturated heterocycles. The first-order chi connectivity index (χ1) is 11.7. The van der Waals surface area contributed by atoms with Crippen LogP contribution in [0, 0.1) is 17.0 Å². The van der Waals surface area contributed by atoms with E-state index in [0.717, 1.165) is 12.1 Å². The molecule has 0 saturated carbocycles. The summed E-state index contributed by atoms with van der Waals surface area (Å²) in [6.07, 6.45) is 0.265. The van der Waals surface area contributed by atoms with Gasteiger partial charge in [-0.3, -0.25) is 14.8 Å². The molecule has 134 valence electrons. The summed E-state index contributed by atoms with van der Waals surface area (Å²) in [7, 11) is -4.05. The number of carbonyl (C=O) groups is 1. The number of nitrogens with zero attached hydrogens (tertiary/aromatic N) is 3. The predicted molar refractivity (Wildman–Crippen MR) is 86.8 cm³/mol. The molecule has 1 aromatic carbocycles. The van der Waals surface area contributed by atoms with E-state index >= 15 is 0 Å². The highest BCUT2D eigenvalue weighted by molar-refractivity contribution is 7.89. The number of rotatable bonds is 8. The minimum Gasteiger partial charge on any atom is -0.477 e. The van der Waals surface area contributed by atoms with Gasteiger partial charge in [-0.2, -0.15) is 5.10 Å². The maximum Gasteiger partial charge on any atom is 0.354 e. The van der Waals surface area contributed by atoms with Gasteiger partial charge in [-0.25, -0.2) is 17.9 Å². The first-order valence-corrected chi connectivity index (χ1v) is 8.71. The number of nitro benzene ring substituents is 1. The second kappa shape index (κ2) is 7.40. The number of aromatic nitrogens is 2. The van der Waals surface area contributed by atoms with Crippen LogP contribution in [0.15, 0.2) is 35.2 Å². The van der Waals surface area contributed by atoms with Gasteiger partial charge in [-0.05, 0) is 25.5 Å². The van der Waals surface area contributed by atoms with Crippen molar-refractivity contribution in [3.63, 3.8) is 0 Å². The zero-order valence-corrected chi connectivity index (χ0v) is 14.1. The van der Waals surface area contributed by atoms with Gasteiger partial charge in [0.1, 0.15) is 5.69 Å².